The number of aliphatic carboxylic acids is 1. The number of amides is 1. The third-order valence-corrected chi connectivity index (χ3v) is 4.00. The van der Waals surface area contributed by atoms with Crippen molar-refractivity contribution in [2.24, 2.45) is 5.41 Å². The number of alkyl carbamates (subject to hydrolysis) is 1. The molecule has 24 heavy (non-hydrogen) atoms. The summed E-state index contributed by atoms with van der Waals surface area (Å²) in [7, 11) is 0. The molecule has 0 heterocycles. The zero-order chi connectivity index (χ0) is 18.6. The second kappa shape index (κ2) is 7.07. The standard InChI is InChI=1S/C19H27NO4/c1-7-18(5,6)19(15(21)22,13-14-11-9-8-10-12-14)20-16(23)24-17(2,3)4/h7-12H,1,13H2,2-6H3,(H,20,23)(H,21,22). The Morgan fingerprint density at radius 1 is 1.17 bits per heavy atom. The quantitative estimate of drug-likeness (QED) is 0.777. The minimum Gasteiger partial charge on any atom is -0.479 e. The van der Waals surface area contributed by atoms with Crippen LogP contribution >= 0.6 is 0 Å². The van der Waals surface area contributed by atoms with Gasteiger partial charge in [0.2, 0.25) is 0 Å². The van der Waals surface area contributed by atoms with Gasteiger partial charge in [0.25, 0.3) is 0 Å². The number of carbonyl (C=O) groups excluding carboxylic acids is 1. The highest BCUT2D eigenvalue weighted by Crippen LogP contribution is 2.36. The normalized spacial score (nSPS) is 14.4. The van der Waals surface area contributed by atoms with Crippen LogP contribution in [0.4, 0.5) is 4.79 Å². The maximum atomic E-state index is 12.3. The molecule has 1 unspecified atom stereocenters. The maximum absolute atomic E-state index is 12.3. The summed E-state index contributed by atoms with van der Waals surface area (Å²) in [6.07, 6.45) is 0.888. The number of carboxylic acids is 1. The second-order valence-electron chi connectivity index (χ2n) is 7.43. The molecule has 0 bridgehead atoms. The molecular formula is C19H27NO4. The molecule has 1 rings (SSSR count). The highest BCUT2D eigenvalue weighted by molar-refractivity contribution is 5.86. The van der Waals surface area contributed by atoms with Crippen molar-refractivity contribution in [3.05, 3.63) is 48.6 Å². The average molecular weight is 333 g/mol. The molecule has 1 amide bonds. The number of rotatable bonds is 6. The molecule has 0 aliphatic carbocycles. The number of carboxylic acid groups (broad SMARTS) is 1. The van der Waals surface area contributed by atoms with Gasteiger partial charge in [0.1, 0.15) is 5.60 Å². The zero-order valence-electron chi connectivity index (χ0n) is 15.1. The summed E-state index contributed by atoms with van der Waals surface area (Å²) >= 11 is 0. The summed E-state index contributed by atoms with van der Waals surface area (Å²) in [5, 5.41) is 12.6. The van der Waals surface area contributed by atoms with Gasteiger partial charge in [0.15, 0.2) is 5.54 Å². The SMILES string of the molecule is C=CC(C)(C)C(Cc1ccccc1)(NC(=O)OC(C)(C)C)C(=O)O. The van der Waals surface area contributed by atoms with E-state index >= 15 is 0 Å². The lowest BCUT2D eigenvalue weighted by molar-refractivity contribution is -0.149. The molecule has 0 radical (unpaired) electrons. The molecule has 1 aromatic rings. The number of benzene rings is 1. The molecule has 132 valence electrons. The van der Waals surface area contributed by atoms with Crippen molar-refractivity contribution in [3.8, 4) is 0 Å². The van der Waals surface area contributed by atoms with Crippen LogP contribution in [0, 0.1) is 5.41 Å². The van der Waals surface area contributed by atoms with E-state index in [9.17, 15) is 14.7 Å². The monoisotopic (exact) mass is 333 g/mol. The molecule has 1 atom stereocenters. The van der Waals surface area contributed by atoms with Gasteiger partial charge in [-0.2, -0.15) is 0 Å². The highest BCUT2D eigenvalue weighted by Gasteiger charge is 2.51. The molecule has 0 fully saturated rings. The number of hydrogen-bond acceptors (Lipinski definition) is 3. The van der Waals surface area contributed by atoms with E-state index in [0.717, 1.165) is 5.56 Å². The first-order valence-electron chi connectivity index (χ1n) is 7.85. The van der Waals surface area contributed by atoms with Gasteiger partial charge in [-0.25, -0.2) is 9.59 Å². The van der Waals surface area contributed by atoms with Gasteiger partial charge >= 0.3 is 12.1 Å². The van der Waals surface area contributed by atoms with E-state index in [2.05, 4.69) is 11.9 Å². The fourth-order valence-corrected chi connectivity index (χ4v) is 2.39. The van der Waals surface area contributed by atoms with Crippen molar-refractivity contribution in [1.29, 1.82) is 0 Å². The minimum atomic E-state index is -1.58. The van der Waals surface area contributed by atoms with Gasteiger partial charge < -0.3 is 15.2 Å². The summed E-state index contributed by atoms with van der Waals surface area (Å²) in [6.45, 7) is 12.4. The first-order valence-corrected chi connectivity index (χ1v) is 7.85. The summed E-state index contributed by atoms with van der Waals surface area (Å²) in [5.74, 6) is -1.14. The molecule has 0 spiro atoms. The van der Waals surface area contributed by atoms with Crippen LogP contribution < -0.4 is 5.32 Å². The zero-order valence-corrected chi connectivity index (χ0v) is 15.1. The van der Waals surface area contributed by atoms with E-state index in [0.29, 0.717) is 0 Å². The van der Waals surface area contributed by atoms with Crippen LogP contribution in [-0.2, 0) is 16.0 Å². The summed E-state index contributed by atoms with van der Waals surface area (Å²) in [4.78, 5) is 24.5. The van der Waals surface area contributed by atoms with Crippen molar-refractivity contribution in [3.63, 3.8) is 0 Å². The number of nitrogens with one attached hydrogen (secondary N) is 1. The molecule has 2 N–H and O–H groups in total. The van der Waals surface area contributed by atoms with Gasteiger partial charge in [-0.3, -0.25) is 0 Å². The fourth-order valence-electron chi connectivity index (χ4n) is 2.39. The molecule has 0 aromatic heterocycles. The molecular weight excluding hydrogens is 306 g/mol. The van der Waals surface area contributed by atoms with Gasteiger partial charge in [0, 0.05) is 11.8 Å². The van der Waals surface area contributed by atoms with Crippen molar-refractivity contribution in [2.45, 2.75) is 52.2 Å². The van der Waals surface area contributed by atoms with E-state index in [1.807, 2.05) is 30.3 Å². The molecule has 0 aliphatic heterocycles. The molecule has 1 aromatic carbocycles. The van der Waals surface area contributed by atoms with Crippen molar-refractivity contribution in [1.82, 2.24) is 5.32 Å². The number of ether oxygens (including phenoxy) is 1. The minimum absolute atomic E-state index is 0.113. The topological polar surface area (TPSA) is 75.6 Å². The Bertz CT molecular complexity index is 602. The Labute approximate surface area is 143 Å². The maximum Gasteiger partial charge on any atom is 0.408 e. The van der Waals surface area contributed by atoms with Gasteiger partial charge in [-0.15, -0.1) is 6.58 Å². The van der Waals surface area contributed by atoms with E-state index in [1.165, 1.54) is 0 Å². The highest BCUT2D eigenvalue weighted by atomic mass is 16.6. The smallest absolute Gasteiger partial charge is 0.408 e. The predicted octanol–water partition coefficient (Wildman–Crippen LogP) is 3.79. The molecule has 0 aliphatic rings. The summed E-state index contributed by atoms with van der Waals surface area (Å²) in [5.41, 5.74) is -2.42. The van der Waals surface area contributed by atoms with Crippen LogP contribution in [0.25, 0.3) is 0 Å². The van der Waals surface area contributed by atoms with E-state index in [-0.39, 0.29) is 6.42 Å². The van der Waals surface area contributed by atoms with Crippen LogP contribution in [0.1, 0.15) is 40.2 Å². The van der Waals surface area contributed by atoms with Crippen LogP contribution in [0.5, 0.6) is 0 Å². The van der Waals surface area contributed by atoms with Gasteiger partial charge in [-0.1, -0.05) is 50.3 Å². The van der Waals surface area contributed by atoms with Gasteiger partial charge in [-0.05, 0) is 26.3 Å². The predicted molar refractivity (Wildman–Crippen MR) is 93.9 cm³/mol. The van der Waals surface area contributed by atoms with Gasteiger partial charge in [0.05, 0.1) is 0 Å². The third-order valence-electron chi connectivity index (χ3n) is 4.00. The molecule has 5 nitrogen and oxygen atoms in total. The van der Waals surface area contributed by atoms with Crippen LogP contribution in [0.2, 0.25) is 0 Å². The first kappa shape index (κ1) is 19.7. The Morgan fingerprint density at radius 2 is 1.71 bits per heavy atom. The van der Waals surface area contributed by atoms with Crippen LogP contribution in [-0.4, -0.2) is 28.3 Å². The Morgan fingerprint density at radius 3 is 2.12 bits per heavy atom. The Balaban J connectivity index is 3.30. The van der Waals surface area contributed by atoms with Crippen LogP contribution in [0.15, 0.2) is 43.0 Å². The molecule has 5 heteroatoms. The number of carbonyl (C=O) groups is 2. The van der Waals surface area contributed by atoms with E-state index < -0.39 is 28.6 Å². The average Bonchev–Trinajstić information content (AvgIpc) is 2.45. The Kier molecular flexibility index (Phi) is 5.82. The lowest BCUT2D eigenvalue weighted by atomic mass is 9.69. The van der Waals surface area contributed by atoms with Crippen molar-refractivity contribution >= 4 is 12.1 Å². The first-order chi connectivity index (χ1) is 10.9. The molecule has 0 saturated carbocycles. The summed E-state index contributed by atoms with van der Waals surface area (Å²) in [6, 6.07) is 9.17. The van der Waals surface area contributed by atoms with E-state index in [4.69, 9.17) is 4.74 Å². The molecule has 0 saturated heterocycles. The lowest BCUT2D eigenvalue weighted by Gasteiger charge is -2.42. The third kappa shape index (κ3) is 4.60. The fraction of sp³-hybridized carbons (Fsp3) is 0.474. The lowest BCUT2D eigenvalue weighted by Crippen LogP contribution is -2.64. The van der Waals surface area contributed by atoms with E-state index in [1.54, 1.807) is 40.7 Å². The van der Waals surface area contributed by atoms with Crippen LogP contribution in [0.3, 0.4) is 0 Å². The van der Waals surface area contributed by atoms with Crippen molar-refractivity contribution < 1.29 is 19.4 Å². The number of hydrogen-bond donors (Lipinski definition) is 2. The summed E-state index contributed by atoms with van der Waals surface area (Å²) < 4.78 is 5.27. The largest absolute Gasteiger partial charge is 0.479 e. The van der Waals surface area contributed by atoms with Crippen molar-refractivity contribution in [2.75, 3.05) is 0 Å². The Hall–Kier alpha value is -2.30. The second-order valence-corrected chi connectivity index (χ2v) is 7.43.